The second kappa shape index (κ2) is 6.81. The summed E-state index contributed by atoms with van der Waals surface area (Å²) in [6.07, 6.45) is 1.56. The molecule has 0 saturated carbocycles. The molecular formula is C18H22N2O2S. The fourth-order valence-corrected chi connectivity index (χ4v) is 3.77. The molecule has 2 atom stereocenters. The lowest BCUT2D eigenvalue weighted by atomic mass is 9.93. The summed E-state index contributed by atoms with van der Waals surface area (Å²) >= 11 is 1.64. The third-order valence-corrected chi connectivity index (χ3v) is 5.24. The van der Waals surface area contributed by atoms with E-state index < -0.39 is 0 Å². The zero-order valence-corrected chi connectivity index (χ0v) is 14.3. The lowest BCUT2D eigenvalue weighted by molar-refractivity contribution is 0.0465. The van der Waals surface area contributed by atoms with Crippen molar-refractivity contribution in [1.29, 1.82) is 0 Å². The molecule has 3 rings (SSSR count). The van der Waals surface area contributed by atoms with Crippen LogP contribution in [0, 0.1) is 12.8 Å². The highest BCUT2D eigenvalue weighted by molar-refractivity contribution is 7.08. The van der Waals surface area contributed by atoms with E-state index in [0.717, 1.165) is 36.3 Å². The molecule has 4 nitrogen and oxygen atoms in total. The van der Waals surface area contributed by atoms with Crippen molar-refractivity contribution in [1.82, 2.24) is 9.88 Å². The van der Waals surface area contributed by atoms with Crippen molar-refractivity contribution >= 4 is 17.2 Å². The fourth-order valence-electron chi connectivity index (χ4n) is 3.12. The van der Waals surface area contributed by atoms with Crippen molar-refractivity contribution in [2.45, 2.75) is 32.8 Å². The molecule has 1 N–H and O–H groups in total. The Labute approximate surface area is 140 Å². The summed E-state index contributed by atoms with van der Waals surface area (Å²) in [5, 5.41) is 13.9. The Bertz CT molecular complexity index is 682. The topological polar surface area (TPSA) is 53.4 Å². The minimum atomic E-state index is -0.370. The third kappa shape index (κ3) is 3.46. The number of nitrogens with zero attached hydrogens (tertiary/aromatic N) is 2. The van der Waals surface area contributed by atoms with Gasteiger partial charge in [-0.25, -0.2) is 0 Å². The first-order chi connectivity index (χ1) is 11.1. The van der Waals surface area contributed by atoms with Crippen LogP contribution in [-0.4, -0.2) is 40.1 Å². The highest BCUT2D eigenvalue weighted by Crippen LogP contribution is 2.24. The zero-order valence-electron chi connectivity index (χ0n) is 13.5. The number of pyridine rings is 1. The average molecular weight is 330 g/mol. The van der Waals surface area contributed by atoms with Gasteiger partial charge >= 0.3 is 0 Å². The maximum absolute atomic E-state index is 12.8. The van der Waals surface area contributed by atoms with Gasteiger partial charge in [0.15, 0.2) is 0 Å². The number of hydrogen-bond acceptors (Lipinski definition) is 4. The number of aryl methyl sites for hydroxylation is 1. The molecule has 3 heterocycles. The van der Waals surface area contributed by atoms with Crippen LogP contribution in [0.4, 0.5) is 0 Å². The van der Waals surface area contributed by atoms with Crippen molar-refractivity contribution in [3.05, 3.63) is 40.2 Å². The highest BCUT2D eigenvalue weighted by atomic mass is 32.1. The highest BCUT2D eigenvalue weighted by Gasteiger charge is 2.28. The predicted octanol–water partition coefficient (Wildman–Crippen LogP) is 3.35. The number of carbonyl (C=O) groups excluding carboxylic acids is 1. The number of amides is 1. The number of rotatable bonds is 3. The first kappa shape index (κ1) is 16.1. The Morgan fingerprint density at radius 2 is 2.26 bits per heavy atom. The van der Waals surface area contributed by atoms with Gasteiger partial charge in [-0.15, -0.1) is 0 Å². The molecule has 2 aromatic heterocycles. The number of carbonyl (C=O) groups is 1. The maximum Gasteiger partial charge on any atom is 0.255 e. The van der Waals surface area contributed by atoms with Gasteiger partial charge < -0.3 is 10.0 Å². The zero-order chi connectivity index (χ0) is 16.4. The van der Waals surface area contributed by atoms with Crippen LogP contribution < -0.4 is 0 Å². The third-order valence-electron chi connectivity index (χ3n) is 4.56. The molecule has 0 radical (unpaired) electrons. The molecular weight excluding hydrogens is 308 g/mol. The van der Waals surface area contributed by atoms with Crippen molar-refractivity contribution in [3.63, 3.8) is 0 Å². The standard InChI is InChI=1S/C18H22N2O2S/c1-12-16(5-6-17(19-12)15-7-9-23-11-15)18(22)20-8-3-4-14(10-20)13(2)21/h5-7,9,11,13-14,21H,3-4,8,10H2,1-2H3. The van der Waals surface area contributed by atoms with Crippen molar-refractivity contribution < 1.29 is 9.90 Å². The number of hydrogen-bond donors (Lipinski definition) is 1. The van der Waals surface area contributed by atoms with Gasteiger partial charge in [-0.1, -0.05) is 0 Å². The van der Waals surface area contributed by atoms with E-state index in [-0.39, 0.29) is 17.9 Å². The second-order valence-corrected chi connectivity index (χ2v) is 7.02. The van der Waals surface area contributed by atoms with Gasteiger partial charge in [-0.05, 0) is 50.3 Å². The minimum absolute atomic E-state index is 0.0252. The number of thiophene rings is 1. The number of aliphatic hydroxyl groups is 1. The molecule has 0 aliphatic carbocycles. The molecule has 5 heteroatoms. The van der Waals surface area contributed by atoms with E-state index in [1.54, 1.807) is 18.3 Å². The molecule has 1 aliphatic rings. The minimum Gasteiger partial charge on any atom is -0.393 e. The summed E-state index contributed by atoms with van der Waals surface area (Å²) in [7, 11) is 0. The van der Waals surface area contributed by atoms with Gasteiger partial charge in [0.05, 0.1) is 23.1 Å². The summed E-state index contributed by atoms with van der Waals surface area (Å²) in [5.74, 6) is 0.197. The summed E-state index contributed by atoms with van der Waals surface area (Å²) in [5.41, 5.74) is 3.41. The first-order valence-corrected chi connectivity index (χ1v) is 8.98. The smallest absolute Gasteiger partial charge is 0.255 e. The Balaban J connectivity index is 1.80. The van der Waals surface area contributed by atoms with E-state index in [1.807, 2.05) is 35.4 Å². The van der Waals surface area contributed by atoms with E-state index in [2.05, 4.69) is 10.4 Å². The van der Waals surface area contributed by atoms with E-state index in [1.165, 1.54) is 0 Å². The van der Waals surface area contributed by atoms with Crippen LogP contribution in [0.2, 0.25) is 0 Å². The van der Waals surface area contributed by atoms with Crippen LogP contribution in [0.3, 0.4) is 0 Å². The number of aromatic nitrogens is 1. The Kier molecular flexibility index (Phi) is 4.78. The predicted molar refractivity (Wildman–Crippen MR) is 92.6 cm³/mol. The summed E-state index contributed by atoms with van der Waals surface area (Å²) < 4.78 is 0. The van der Waals surface area contributed by atoms with Crippen LogP contribution in [-0.2, 0) is 0 Å². The Morgan fingerprint density at radius 1 is 1.43 bits per heavy atom. The maximum atomic E-state index is 12.8. The van der Waals surface area contributed by atoms with Crippen LogP contribution in [0.5, 0.6) is 0 Å². The van der Waals surface area contributed by atoms with Crippen molar-refractivity contribution in [2.24, 2.45) is 5.92 Å². The van der Waals surface area contributed by atoms with Crippen LogP contribution in [0.15, 0.2) is 29.0 Å². The molecule has 0 aromatic carbocycles. The van der Waals surface area contributed by atoms with E-state index in [4.69, 9.17) is 0 Å². The van der Waals surface area contributed by atoms with Gasteiger partial charge in [0.2, 0.25) is 0 Å². The molecule has 2 aromatic rings. The SMILES string of the molecule is Cc1nc(-c2ccsc2)ccc1C(=O)N1CCCC(C(C)O)C1. The molecule has 1 amide bonds. The molecule has 122 valence electrons. The van der Waals surface area contributed by atoms with E-state index in [0.29, 0.717) is 12.1 Å². The molecule has 0 spiro atoms. The Morgan fingerprint density at radius 3 is 2.91 bits per heavy atom. The van der Waals surface area contributed by atoms with E-state index >= 15 is 0 Å². The summed E-state index contributed by atoms with van der Waals surface area (Å²) in [6, 6.07) is 5.83. The van der Waals surface area contributed by atoms with Crippen LogP contribution in [0.25, 0.3) is 11.3 Å². The summed E-state index contributed by atoms with van der Waals surface area (Å²) in [4.78, 5) is 19.2. The van der Waals surface area contributed by atoms with Crippen molar-refractivity contribution in [2.75, 3.05) is 13.1 Å². The monoisotopic (exact) mass is 330 g/mol. The van der Waals surface area contributed by atoms with Gasteiger partial charge in [-0.3, -0.25) is 9.78 Å². The quantitative estimate of drug-likeness (QED) is 0.939. The lowest BCUT2D eigenvalue weighted by Crippen LogP contribution is -2.43. The van der Waals surface area contributed by atoms with E-state index in [9.17, 15) is 9.90 Å². The fraction of sp³-hybridized carbons (Fsp3) is 0.444. The molecule has 23 heavy (non-hydrogen) atoms. The first-order valence-electron chi connectivity index (χ1n) is 8.04. The normalized spacial score (nSPS) is 19.6. The molecule has 1 saturated heterocycles. The number of likely N-dealkylation sites (tertiary alicyclic amines) is 1. The van der Waals surface area contributed by atoms with Crippen LogP contribution >= 0.6 is 11.3 Å². The summed E-state index contributed by atoms with van der Waals surface area (Å²) in [6.45, 7) is 5.08. The number of piperidine rings is 1. The van der Waals surface area contributed by atoms with Crippen molar-refractivity contribution in [3.8, 4) is 11.3 Å². The van der Waals surface area contributed by atoms with Gasteiger partial charge in [0.1, 0.15) is 0 Å². The second-order valence-electron chi connectivity index (χ2n) is 6.24. The molecule has 1 fully saturated rings. The van der Waals surface area contributed by atoms with Gasteiger partial charge in [0, 0.05) is 30.0 Å². The van der Waals surface area contributed by atoms with Gasteiger partial charge in [-0.2, -0.15) is 11.3 Å². The molecule has 1 aliphatic heterocycles. The largest absolute Gasteiger partial charge is 0.393 e. The average Bonchev–Trinajstić information content (AvgIpc) is 3.08. The molecule has 2 unspecified atom stereocenters. The van der Waals surface area contributed by atoms with Gasteiger partial charge in [0.25, 0.3) is 5.91 Å². The molecule has 0 bridgehead atoms. The Hall–Kier alpha value is -1.72. The van der Waals surface area contributed by atoms with Crippen LogP contribution in [0.1, 0.15) is 35.8 Å². The lowest BCUT2D eigenvalue weighted by Gasteiger charge is -2.34. The number of aliphatic hydroxyl groups excluding tert-OH is 1.